The summed E-state index contributed by atoms with van der Waals surface area (Å²) in [5, 5.41) is 25.7. The fourth-order valence-electron chi connectivity index (χ4n) is 2.95. The van der Waals surface area contributed by atoms with Gasteiger partial charge in [0.1, 0.15) is 10.8 Å². The molecule has 4 heterocycles. The standard InChI is InChI=1S/C16H21N7OS/c1-10(2)15-18-19-16(25-15)22-6-7-23-11(9-22)8-12(20-23)13(24)14-17-4-5-21(14)3/h4-5,8,10,13,24H,6-7,9H2,1-3H3. The SMILES string of the molecule is CC(C)c1nnc(N2CCn3nc(C(O)c4nccn4C)cc3C2)s1. The van der Waals surface area contributed by atoms with Gasteiger partial charge in [-0.25, -0.2) is 4.98 Å². The van der Waals surface area contributed by atoms with Crippen LogP contribution in [0, 0.1) is 0 Å². The van der Waals surface area contributed by atoms with E-state index in [1.54, 1.807) is 17.5 Å². The summed E-state index contributed by atoms with van der Waals surface area (Å²) in [4.78, 5) is 6.44. The fourth-order valence-corrected chi connectivity index (χ4v) is 3.82. The summed E-state index contributed by atoms with van der Waals surface area (Å²) in [6, 6.07) is 1.95. The Labute approximate surface area is 149 Å². The minimum absolute atomic E-state index is 0.390. The van der Waals surface area contributed by atoms with Gasteiger partial charge < -0.3 is 14.6 Å². The molecule has 1 aliphatic heterocycles. The lowest BCUT2D eigenvalue weighted by atomic mass is 10.2. The van der Waals surface area contributed by atoms with Gasteiger partial charge in [0, 0.05) is 31.9 Å². The third-order valence-electron chi connectivity index (χ3n) is 4.39. The van der Waals surface area contributed by atoms with Crippen LogP contribution in [0.5, 0.6) is 0 Å². The number of aryl methyl sites for hydroxylation is 1. The van der Waals surface area contributed by atoms with E-state index >= 15 is 0 Å². The minimum atomic E-state index is -0.819. The maximum atomic E-state index is 10.6. The van der Waals surface area contributed by atoms with Crippen LogP contribution in [0.3, 0.4) is 0 Å². The van der Waals surface area contributed by atoms with Crippen molar-refractivity contribution in [1.29, 1.82) is 0 Å². The van der Waals surface area contributed by atoms with Crippen molar-refractivity contribution in [3.05, 3.63) is 40.7 Å². The molecule has 1 N–H and O–H groups in total. The predicted octanol–water partition coefficient (Wildman–Crippen LogP) is 1.69. The van der Waals surface area contributed by atoms with E-state index in [9.17, 15) is 5.11 Å². The van der Waals surface area contributed by atoms with Crippen LogP contribution in [0.25, 0.3) is 0 Å². The minimum Gasteiger partial charge on any atom is -0.379 e. The summed E-state index contributed by atoms with van der Waals surface area (Å²) >= 11 is 1.65. The Morgan fingerprint density at radius 2 is 2.08 bits per heavy atom. The molecule has 9 heteroatoms. The number of anilines is 1. The van der Waals surface area contributed by atoms with Crippen molar-refractivity contribution in [2.45, 2.75) is 39.0 Å². The Bertz CT molecular complexity index is 881. The van der Waals surface area contributed by atoms with Gasteiger partial charge in [0.2, 0.25) is 5.13 Å². The average molecular weight is 359 g/mol. The summed E-state index contributed by atoms with van der Waals surface area (Å²) < 4.78 is 3.77. The Balaban J connectivity index is 1.55. The summed E-state index contributed by atoms with van der Waals surface area (Å²) in [7, 11) is 1.87. The molecule has 25 heavy (non-hydrogen) atoms. The number of imidazole rings is 1. The van der Waals surface area contributed by atoms with Crippen LogP contribution in [0.2, 0.25) is 0 Å². The number of rotatable bonds is 4. The van der Waals surface area contributed by atoms with Gasteiger partial charge in [-0.3, -0.25) is 4.68 Å². The van der Waals surface area contributed by atoms with Crippen molar-refractivity contribution in [2.75, 3.05) is 11.4 Å². The van der Waals surface area contributed by atoms with E-state index in [1.807, 2.05) is 28.6 Å². The van der Waals surface area contributed by atoms with Crippen molar-refractivity contribution in [3.8, 4) is 0 Å². The molecule has 1 atom stereocenters. The van der Waals surface area contributed by atoms with Crippen LogP contribution in [-0.2, 0) is 20.1 Å². The van der Waals surface area contributed by atoms with Gasteiger partial charge in [-0.1, -0.05) is 25.2 Å². The molecule has 0 amide bonds. The van der Waals surface area contributed by atoms with Crippen molar-refractivity contribution in [1.82, 2.24) is 29.5 Å². The smallest absolute Gasteiger partial charge is 0.208 e. The largest absolute Gasteiger partial charge is 0.379 e. The molecule has 132 valence electrons. The highest BCUT2D eigenvalue weighted by molar-refractivity contribution is 7.15. The first-order valence-corrected chi connectivity index (χ1v) is 9.15. The van der Waals surface area contributed by atoms with Gasteiger partial charge in [-0.2, -0.15) is 5.10 Å². The Morgan fingerprint density at radius 1 is 1.24 bits per heavy atom. The second-order valence-electron chi connectivity index (χ2n) is 6.58. The lowest BCUT2D eigenvalue weighted by Crippen LogP contribution is -2.33. The zero-order valence-electron chi connectivity index (χ0n) is 14.5. The van der Waals surface area contributed by atoms with E-state index in [-0.39, 0.29) is 0 Å². The third-order valence-corrected chi connectivity index (χ3v) is 5.68. The number of hydrogen-bond donors (Lipinski definition) is 1. The number of hydrogen-bond acceptors (Lipinski definition) is 7. The quantitative estimate of drug-likeness (QED) is 0.763. The molecule has 8 nitrogen and oxygen atoms in total. The summed E-state index contributed by atoms with van der Waals surface area (Å²) in [6.07, 6.45) is 2.68. The molecule has 3 aromatic rings. The Kier molecular flexibility index (Phi) is 4.04. The Hall–Kier alpha value is -2.26. The third kappa shape index (κ3) is 2.93. The molecule has 0 saturated heterocycles. The summed E-state index contributed by atoms with van der Waals surface area (Å²) in [6.45, 7) is 6.56. The van der Waals surface area contributed by atoms with E-state index < -0.39 is 6.10 Å². The number of aliphatic hydroxyl groups excluding tert-OH is 1. The lowest BCUT2D eigenvalue weighted by Gasteiger charge is -2.26. The zero-order valence-corrected chi connectivity index (χ0v) is 15.3. The highest BCUT2D eigenvalue weighted by Crippen LogP contribution is 2.29. The second kappa shape index (κ2) is 6.23. The Morgan fingerprint density at radius 3 is 2.76 bits per heavy atom. The number of aliphatic hydroxyl groups is 1. The summed E-state index contributed by atoms with van der Waals surface area (Å²) in [5.74, 6) is 0.985. The van der Waals surface area contributed by atoms with Crippen LogP contribution >= 0.6 is 11.3 Å². The predicted molar refractivity (Wildman–Crippen MR) is 94.5 cm³/mol. The van der Waals surface area contributed by atoms with Crippen LogP contribution in [0.15, 0.2) is 18.5 Å². The van der Waals surface area contributed by atoms with E-state index in [4.69, 9.17) is 0 Å². The number of nitrogens with zero attached hydrogens (tertiary/aromatic N) is 7. The first kappa shape index (κ1) is 16.2. The normalized spacial score (nSPS) is 15.6. The molecule has 1 unspecified atom stereocenters. The van der Waals surface area contributed by atoms with Crippen molar-refractivity contribution in [3.63, 3.8) is 0 Å². The van der Waals surface area contributed by atoms with Crippen LogP contribution in [0.1, 0.15) is 48.1 Å². The molecular formula is C16H21N7OS. The van der Waals surface area contributed by atoms with Crippen LogP contribution < -0.4 is 4.90 Å². The van der Waals surface area contributed by atoms with Gasteiger partial charge in [-0.15, -0.1) is 10.2 Å². The summed E-state index contributed by atoms with van der Waals surface area (Å²) in [5.41, 5.74) is 1.70. The van der Waals surface area contributed by atoms with Crippen molar-refractivity contribution >= 4 is 16.5 Å². The lowest BCUT2D eigenvalue weighted by molar-refractivity contribution is 0.200. The first-order chi connectivity index (χ1) is 12.0. The first-order valence-electron chi connectivity index (χ1n) is 8.33. The van der Waals surface area contributed by atoms with Gasteiger partial charge in [0.25, 0.3) is 0 Å². The van der Waals surface area contributed by atoms with Gasteiger partial charge >= 0.3 is 0 Å². The van der Waals surface area contributed by atoms with E-state index in [0.717, 1.165) is 28.9 Å². The molecule has 3 aromatic heterocycles. The average Bonchev–Trinajstić information content (AvgIpc) is 3.32. The maximum absolute atomic E-state index is 10.6. The van der Waals surface area contributed by atoms with Gasteiger partial charge in [0.15, 0.2) is 6.10 Å². The fraction of sp³-hybridized carbons (Fsp3) is 0.500. The maximum Gasteiger partial charge on any atom is 0.208 e. The molecule has 0 aliphatic carbocycles. The molecule has 0 spiro atoms. The number of fused-ring (bicyclic) bond motifs is 1. The second-order valence-corrected chi connectivity index (χ2v) is 7.57. The van der Waals surface area contributed by atoms with Gasteiger partial charge in [0.05, 0.1) is 24.5 Å². The molecule has 0 radical (unpaired) electrons. The zero-order chi connectivity index (χ0) is 17.6. The highest BCUT2D eigenvalue weighted by atomic mass is 32.1. The molecule has 4 rings (SSSR count). The molecule has 1 aliphatic rings. The highest BCUT2D eigenvalue weighted by Gasteiger charge is 2.25. The van der Waals surface area contributed by atoms with Crippen molar-refractivity contribution in [2.24, 2.45) is 7.05 Å². The van der Waals surface area contributed by atoms with E-state index in [2.05, 4.69) is 39.0 Å². The molecule has 0 fully saturated rings. The molecule has 0 aromatic carbocycles. The molecular weight excluding hydrogens is 338 g/mol. The van der Waals surface area contributed by atoms with Crippen LogP contribution in [-0.4, -0.2) is 41.2 Å². The van der Waals surface area contributed by atoms with Gasteiger partial charge in [-0.05, 0) is 6.07 Å². The molecule has 0 saturated carbocycles. The number of aromatic nitrogens is 6. The monoisotopic (exact) mass is 359 g/mol. The van der Waals surface area contributed by atoms with Crippen molar-refractivity contribution < 1.29 is 5.11 Å². The molecule has 0 bridgehead atoms. The topological polar surface area (TPSA) is 84.9 Å². The van der Waals surface area contributed by atoms with E-state index in [0.29, 0.717) is 24.0 Å². The van der Waals surface area contributed by atoms with E-state index in [1.165, 1.54) is 0 Å². The van der Waals surface area contributed by atoms with Crippen LogP contribution in [0.4, 0.5) is 5.13 Å².